The van der Waals surface area contributed by atoms with Gasteiger partial charge in [-0.25, -0.2) is 4.98 Å². The van der Waals surface area contributed by atoms with Gasteiger partial charge in [-0.05, 0) is 55.0 Å². The van der Waals surface area contributed by atoms with Gasteiger partial charge in [0.05, 0.1) is 5.56 Å². The van der Waals surface area contributed by atoms with Crippen LogP contribution in [0.5, 0.6) is 0 Å². The van der Waals surface area contributed by atoms with Crippen molar-refractivity contribution in [2.45, 2.75) is 12.8 Å². The molecule has 1 aromatic rings. The highest BCUT2D eigenvalue weighted by Gasteiger charge is 2.30. The zero-order valence-corrected chi connectivity index (χ0v) is 10.7. The average molecular weight is 260 g/mol. The predicted molar refractivity (Wildman–Crippen MR) is 71.0 cm³/mol. The van der Waals surface area contributed by atoms with E-state index in [1.165, 1.54) is 5.57 Å². The van der Waals surface area contributed by atoms with Crippen LogP contribution in [-0.2, 0) is 0 Å². The predicted octanol–water partition coefficient (Wildman–Crippen LogP) is 2.62. The molecule has 1 saturated heterocycles. The monoisotopic (exact) mass is 259 g/mol. The maximum atomic E-state index is 8.99. The van der Waals surface area contributed by atoms with Gasteiger partial charge in [0.25, 0.3) is 0 Å². The van der Waals surface area contributed by atoms with Gasteiger partial charge in [0, 0.05) is 6.20 Å². The van der Waals surface area contributed by atoms with Gasteiger partial charge < -0.3 is 5.32 Å². The lowest BCUT2D eigenvalue weighted by Gasteiger charge is -2.24. The summed E-state index contributed by atoms with van der Waals surface area (Å²) < 4.78 is 0. The Kier molecular flexibility index (Phi) is 3.07. The van der Waals surface area contributed by atoms with E-state index in [0.717, 1.165) is 43.3 Å². The number of nitrogens with zero attached hydrogens (tertiary/aromatic N) is 2. The number of allylic oxidation sites excluding steroid dienone is 2. The van der Waals surface area contributed by atoms with Gasteiger partial charge in [0.15, 0.2) is 0 Å². The van der Waals surface area contributed by atoms with E-state index in [0.29, 0.717) is 5.56 Å². The summed E-state index contributed by atoms with van der Waals surface area (Å²) in [5, 5.41) is 12.7. The zero-order valence-electron chi connectivity index (χ0n) is 9.99. The largest absolute Gasteiger partial charge is 0.316 e. The number of fused-ring (bicyclic) bond motifs is 1. The number of nitrogens with one attached hydrogen (secondary N) is 1. The summed E-state index contributed by atoms with van der Waals surface area (Å²) in [4.78, 5) is 4.10. The molecule has 0 radical (unpaired) electrons. The summed E-state index contributed by atoms with van der Waals surface area (Å²) in [5.74, 6) is 1.51. The van der Waals surface area contributed by atoms with Gasteiger partial charge in [-0.1, -0.05) is 17.7 Å². The summed E-state index contributed by atoms with van der Waals surface area (Å²) in [5.41, 5.74) is 2.81. The van der Waals surface area contributed by atoms with E-state index in [9.17, 15) is 0 Å². The molecule has 0 spiro atoms. The molecule has 1 aliphatic carbocycles. The van der Waals surface area contributed by atoms with Crippen molar-refractivity contribution in [3.8, 4) is 6.07 Å². The first-order chi connectivity index (χ1) is 8.78. The summed E-state index contributed by atoms with van der Waals surface area (Å²) in [6, 6.07) is 3.94. The minimum Gasteiger partial charge on any atom is -0.316 e. The fraction of sp³-hybridized carbons (Fsp3) is 0.429. The number of hydrogen-bond acceptors (Lipinski definition) is 3. The second-order valence-corrected chi connectivity index (χ2v) is 5.38. The van der Waals surface area contributed by atoms with Gasteiger partial charge in [0.2, 0.25) is 0 Å². The third-order valence-electron chi connectivity index (χ3n) is 3.96. The van der Waals surface area contributed by atoms with Gasteiger partial charge in [-0.2, -0.15) is 5.26 Å². The van der Waals surface area contributed by atoms with E-state index < -0.39 is 0 Å². The van der Waals surface area contributed by atoms with Gasteiger partial charge in [0.1, 0.15) is 11.2 Å². The van der Waals surface area contributed by atoms with Crippen LogP contribution in [0.25, 0.3) is 5.57 Å². The van der Waals surface area contributed by atoms with Gasteiger partial charge >= 0.3 is 0 Å². The summed E-state index contributed by atoms with van der Waals surface area (Å²) in [6.07, 6.45) is 6.27. The fourth-order valence-electron chi connectivity index (χ4n) is 2.90. The van der Waals surface area contributed by atoms with E-state index >= 15 is 0 Å². The van der Waals surface area contributed by atoms with Crippen LogP contribution < -0.4 is 5.32 Å². The SMILES string of the molecule is N#Cc1cc(C2=CC[C@@H]3CNC[C@@H]3C2)cnc1Cl. The number of nitriles is 1. The molecule has 0 bridgehead atoms. The molecule has 18 heavy (non-hydrogen) atoms. The Morgan fingerprint density at radius 3 is 3.06 bits per heavy atom. The van der Waals surface area contributed by atoms with E-state index in [2.05, 4.69) is 22.4 Å². The third kappa shape index (κ3) is 2.03. The Morgan fingerprint density at radius 1 is 1.39 bits per heavy atom. The van der Waals surface area contributed by atoms with Crippen LogP contribution in [0.1, 0.15) is 24.0 Å². The molecule has 0 saturated carbocycles. The van der Waals surface area contributed by atoms with Crippen molar-refractivity contribution in [2.24, 2.45) is 11.8 Å². The van der Waals surface area contributed by atoms with Crippen molar-refractivity contribution >= 4 is 17.2 Å². The molecular formula is C14H14ClN3. The second-order valence-electron chi connectivity index (χ2n) is 5.02. The van der Waals surface area contributed by atoms with Crippen molar-refractivity contribution in [1.82, 2.24) is 10.3 Å². The molecule has 2 aliphatic rings. The number of aromatic nitrogens is 1. The topological polar surface area (TPSA) is 48.7 Å². The highest BCUT2D eigenvalue weighted by Crippen LogP contribution is 2.36. The van der Waals surface area contributed by atoms with Crippen LogP contribution >= 0.6 is 11.6 Å². The molecule has 1 N–H and O–H groups in total. The van der Waals surface area contributed by atoms with Crippen LogP contribution in [0.15, 0.2) is 18.3 Å². The van der Waals surface area contributed by atoms with Gasteiger partial charge in [-0.15, -0.1) is 0 Å². The lowest BCUT2D eigenvalue weighted by molar-refractivity contribution is 0.418. The van der Waals surface area contributed by atoms with Crippen molar-refractivity contribution in [3.63, 3.8) is 0 Å². The minimum atomic E-state index is 0.290. The number of hydrogen-bond donors (Lipinski definition) is 1. The lowest BCUT2D eigenvalue weighted by atomic mass is 9.80. The number of rotatable bonds is 1. The second kappa shape index (κ2) is 4.72. The Bertz CT molecular complexity index is 544. The Balaban J connectivity index is 1.89. The Morgan fingerprint density at radius 2 is 2.22 bits per heavy atom. The maximum Gasteiger partial charge on any atom is 0.146 e. The van der Waals surface area contributed by atoms with Crippen LogP contribution in [0, 0.1) is 23.2 Å². The number of pyridine rings is 1. The average Bonchev–Trinajstić information content (AvgIpc) is 2.86. The van der Waals surface area contributed by atoms with Crippen LogP contribution in [-0.4, -0.2) is 18.1 Å². The fourth-order valence-corrected chi connectivity index (χ4v) is 3.04. The Labute approximate surface area is 111 Å². The maximum absolute atomic E-state index is 8.99. The molecule has 0 aromatic carbocycles. The minimum absolute atomic E-state index is 0.290. The molecule has 3 rings (SSSR count). The van der Waals surface area contributed by atoms with E-state index in [4.69, 9.17) is 16.9 Å². The van der Waals surface area contributed by atoms with Crippen LogP contribution in [0.3, 0.4) is 0 Å². The Hall–Kier alpha value is -1.37. The molecular weight excluding hydrogens is 246 g/mol. The molecule has 3 nitrogen and oxygen atoms in total. The number of halogens is 1. The third-order valence-corrected chi connectivity index (χ3v) is 4.26. The summed E-state index contributed by atoms with van der Waals surface area (Å²) in [6.45, 7) is 2.24. The van der Waals surface area contributed by atoms with E-state index in [1.54, 1.807) is 6.20 Å². The molecule has 2 atom stereocenters. The highest BCUT2D eigenvalue weighted by atomic mass is 35.5. The molecule has 1 fully saturated rings. The van der Waals surface area contributed by atoms with Crippen molar-refractivity contribution in [3.05, 3.63) is 34.6 Å². The highest BCUT2D eigenvalue weighted by molar-refractivity contribution is 6.30. The zero-order chi connectivity index (χ0) is 12.5. The van der Waals surface area contributed by atoms with E-state index in [1.807, 2.05) is 6.07 Å². The molecule has 92 valence electrons. The molecule has 1 aromatic heterocycles. The van der Waals surface area contributed by atoms with Gasteiger partial charge in [-0.3, -0.25) is 0 Å². The first-order valence-electron chi connectivity index (χ1n) is 6.23. The van der Waals surface area contributed by atoms with E-state index in [-0.39, 0.29) is 5.15 Å². The molecule has 0 unspecified atom stereocenters. The smallest absolute Gasteiger partial charge is 0.146 e. The normalized spacial score (nSPS) is 26.3. The molecule has 2 heterocycles. The van der Waals surface area contributed by atoms with Crippen molar-refractivity contribution < 1.29 is 0 Å². The van der Waals surface area contributed by atoms with Crippen LogP contribution in [0.4, 0.5) is 0 Å². The summed E-state index contributed by atoms with van der Waals surface area (Å²) in [7, 11) is 0. The lowest BCUT2D eigenvalue weighted by Crippen LogP contribution is -2.16. The van der Waals surface area contributed by atoms with Crippen LogP contribution in [0.2, 0.25) is 5.15 Å². The first-order valence-corrected chi connectivity index (χ1v) is 6.61. The standard InChI is InChI=1S/C14H14ClN3/c15-14-11(5-16)4-13(8-18-14)9-1-2-10-6-17-7-12(10)3-9/h1,4,8,10,12,17H,2-3,6-7H2/t10-,12+/m1/s1. The first kappa shape index (κ1) is 11.7. The quantitative estimate of drug-likeness (QED) is 0.789. The molecule has 0 amide bonds. The van der Waals surface area contributed by atoms with Crippen molar-refractivity contribution in [2.75, 3.05) is 13.1 Å². The molecule has 1 aliphatic heterocycles. The summed E-state index contributed by atoms with van der Waals surface area (Å²) >= 11 is 5.86. The molecule has 4 heteroatoms. The van der Waals surface area contributed by atoms with Crippen molar-refractivity contribution in [1.29, 1.82) is 5.26 Å².